The topological polar surface area (TPSA) is 43.9 Å². The van der Waals surface area contributed by atoms with Gasteiger partial charge in [0, 0.05) is 29.7 Å². The molecule has 1 aromatic carbocycles. The minimum absolute atomic E-state index is 0.0730. The molecule has 3 rings (SSSR count). The van der Waals surface area contributed by atoms with E-state index >= 15 is 0 Å². The Labute approximate surface area is 144 Å². The summed E-state index contributed by atoms with van der Waals surface area (Å²) in [6, 6.07) is 7.24. The van der Waals surface area contributed by atoms with Gasteiger partial charge >= 0.3 is 0 Å². The van der Waals surface area contributed by atoms with Gasteiger partial charge < -0.3 is 4.90 Å². The van der Waals surface area contributed by atoms with Gasteiger partial charge in [0.15, 0.2) is 0 Å². The molecule has 2 heterocycles. The first kappa shape index (κ1) is 15.9. The average molecular weight is 413 g/mol. The first-order chi connectivity index (χ1) is 10.6. The summed E-state index contributed by atoms with van der Waals surface area (Å²) in [6.07, 6.45) is 0.303. The fraction of sp³-hybridized carbons (Fsp3) is 0.500. The molecule has 0 radical (unpaired) electrons. The molecule has 0 saturated carbocycles. The monoisotopic (exact) mass is 413 g/mol. The maximum absolute atomic E-state index is 12.7. The first-order valence-electron chi connectivity index (χ1n) is 7.69. The number of halogens is 1. The molecule has 22 heavy (non-hydrogen) atoms. The van der Waals surface area contributed by atoms with Crippen LogP contribution in [-0.2, 0) is 9.59 Å². The van der Waals surface area contributed by atoms with Crippen LogP contribution in [0.25, 0.3) is 0 Å². The molecule has 2 aliphatic rings. The van der Waals surface area contributed by atoms with Crippen molar-refractivity contribution in [3.63, 3.8) is 0 Å². The lowest BCUT2D eigenvalue weighted by molar-refractivity contribution is -0.123. The molecule has 0 aromatic heterocycles. The first-order valence-corrected chi connectivity index (χ1v) is 8.77. The molecular formula is C16H20IN3O2. The molecule has 2 saturated heterocycles. The summed E-state index contributed by atoms with van der Waals surface area (Å²) in [7, 11) is 0. The lowest BCUT2D eigenvalue weighted by atomic mass is 10.1. The van der Waals surface area contributed by atoms with E-state index in [1.807, 2.05) is 24.3 Å². The summed E-state index contributed by atoms with van der Waals surface area (Å²) in [6.45, 7) is 6.85. The van der Waals surface area contributed by atoms with Crippen LogP contribution in [-0.4, -0.2) is 60.4 Å². The number of piperazine rings is 1. The predicted octanol–water partition coefficient (Wildman–Crippen LogP) is 1.56. The van der Waals surface area contributed by atoms with Gasteiger partial charge in [0.05, 0.1) is 18.2 Å². The summed E-state index contributed by atoms with van der Waals surface area (Å²) in [5.41, 5.74) is 0.685. The quantitative estimate of drug-likeness (QED) is 0.558. The third kappa shape index (κ3) is 3.04. The molecule has 2 amide bonds. The number of likely N-dealkylation sites (N-methyl/N-ethyl adjacent to an activating group) is 1. The molecule has 0 spiro atoms. The molecule has 1 aromatic rings. The Kier molecular flexibility index (Phi) is 4.79. The molecule has 6 heteroatoms. The SMILES string of the molecule is CCN1CCN([C@@H]2CC(=O)N(c3ccc(I)cc3)C2=O)CC1. The van der Waals surface area contributed by atoms with Gasteiger partial charge in [-0.2, -0.15) is 0 Å². The second kappa shape index (κ2) is 6.64. The zero-order valence-electron chi connectivity index (χ0n) is 12.7. The predicted molar refractivity (Wildman–Crippen MR) is 93.7 cm³/mol. The minimum Gasteiger partial charge on any atom is -0.301 e. The number of nitrogens with zero attached hydrogens (tertiary/aromatic N) is 3. The molecular weight excluding hydrogens is 393 g/mol. The van der Waals surface area contributed by atoms with Gasteiger partial charge in [0.1, 0.15) is 0 Å². The van der Waals surface area contributed by atoms with E-state index in [1.165, 1.54) is 4.90 Å². The van der Waals surface area contributed by atoms with E-state index in [2.05, 4.69) is 39.3 Å². The molecule has 0 unspecified atom stereocenters. The van der Waals surface area contributed by atoms with Gasteiger partial charge in [-0.3, -0.25) is 14.5 Å². The summed E-state index contributed by atoms with van der Waals surface area (Å²) >= 11 is 2.21. The number of hydrogen-bond acceptors (Lipinski definition) is 4. The van der Waals surface area contributed by atoms with Gasteiger partial charge in [-0.1, -0.05) is 6.92 Å². The number of carbonyl (C=O) groups excluding carboxylic acids is 2. The van der Waals surface area contributed by atoms with E-state index in [0.29, 0.717) is 12.1 Å². The van der Waals surface area contributed by atoms with Crippen molar-refractivity contribution in [1.29, 1.82) is 0 Å². The number of rotatable bonds is 3. The lowest BCUT2D eigenvalue weighted by Gasteiger charge is -2.36. The highest BCUT2D eigenvalue weighted by Gasteiger charge is 2.43. The third-order valence-electron chi connectivity index (χ3n) is 4.50. The van der Waals surface area contributed by atoms with E-state index in [1.54, 1.807) is 0 Å². The normalized spacial score (nSPS) is 24.3. The van der Waals surface area contributed by atoms with Gasteiger partial charge in [0.2, 0.25) is 5.91 Å². The summed E-state index contributed by atoms with van der Waals surface area (Å²) in [5.74, 6) is -0.162. The molecule has 0 aliphatic carbocycles. The van der Waals surface area contributed by atoms with E-state index < -0.39 is 0 Å². The van der Waals surface area contributed by atoms with Crippen LogP contribution in [0.5, 0.6) is 0 Å². The average Bonchev–Trinajstić information content (AvgIpc) is 2.83. The number of amides is 2. The van der Waals surface area contributed by atoms with Crippen LogP contribution in [0.1, 0.15) is 13.3 Å². The summed E-state index contributed by atoms with van der Waals surface area (Å²) in [4.78, 5) is 30.9. The highest BCUT2D eigenvalue weighted by Crippen LogP contribution is 2.26. The molecule has 0 bridgehead atoms. The number of anilines is 1. The van der Waals surface area contributed by atoms with Crippen molar-refractivity contribution in [3.8, 4) is 0 Å². The van der Waals surface area contributed by atoms with E-state index in [0.717, 1.165) is 36.3 Å². The molecule has 118 valence electrons. The van der Waals surface area contributed by atoms with Crippen molar-refractivity contribution in [2.24, 2.45) is 0 Å². The van der Waals surface area contributed by atoms with Crippen LogP contribution in [0, 0.1) is 3.57 Å². The van der Waals surface area contributed by atoms with Gasteiger partial charge in [-0.15, -0.1) is 0 Å². The van der Waals surface area contributed by atoms with Crippen LogP contribution in [0.15, 0.2) is 24.3 Å². The van der Waals surface area contributed by atoms with E-state index in [9.17, 15) is 9.59 Å². The Morgan fingerprint density at radius 3 is 2.32 bits per heavy atom. The van der Waals surface area contributed by atoms with E-state index in [4.69, 9.17) is 0 Å². The number of imide groups is 1. The highest BCUT2D eigenvalue weighted by atomic mass is 127. The van der Waals surface area contributed by atoms with Crippen molar-refractivity contribution in [2.45, 2.75) is 19.4 Å². The summed E-state index contributed by atoms with van der Waals surface area (Å²) in [5, 5.41) is 0. The Morgan fingerprint density at radius 2 is 1.73 bits per heavy atom. The van der Waals surface area contributed by atoms with Crippen LogP contribution in [0.4, 0.5) is 5.69 Å². The maximum atomic E-state index is 12.7. The van der Waals surface area contributed by atoms with Crippen molar-refractivity contribution in [3.05, 3.63) is 27.8 Å². The minimum atomic E-state index is -0.286. The fourth-order valence-corrected chi connectivity index (χ4v) is 3.51. The van der Waals surface area contributed by atoms with Crippen LogP contribution in [0.3, 0.4) is 0 Å². The Hall–Kier alpha value is -0.990. The molecule has 2 fully saturated rings. The van der Waals surface area contributed by atoms with Gasteiger partial charge in [0.25, 0.3) is 5.91 Å². The Morgan fingerprint density at radius 1 is 1.09 bits per heavy atom. The van der Waals surface area contributed by atoms with Gasteiger partial charge in [-0.25, -0.2) is 4.90 Å². The van der Waals surface area contributed by atoms with Crippen molar-refractivity contribution in [1.82, 2.24) is 9.80 Å². The van der Waals surface area contributed by atoms with Crippen LogP contribution in [0.2, 0.25) is 0 Å². The zero-order chi connectivity index (χ0) is 15.7. The summed E-state index contributed by atoms with van der Waals surface area (Å²) < 4.78 is 1.09. The largest absolute Gasteiger partial charge is 0.301 e. The smallest absolute Gasteiger partial charge is 0.251 e. The number of carbonyl (C=O) groups is 2. The van der Waals surface area contributed by atoms with Crippen molar-refractivity contribution >= 4 is 40.1 Å². The van der Waals surface area contributed by atoms with Crippen LogP contribution >= 0.6 is 22.6 Å². The lowest BCUT2D eigenvalue weighted by Crippen LogP contribution is -2.52. The Bertz CT molecular complexity index is 567. The highest BCUT2D eigenvalue weighted by molar-refractivity contribution is 14.1. The molecule has 2 aliphatic heterocycles. The fourth-order valence-electron chi connectivity index (χ4n) is 3.15. The van der Waals surface area contributed by atoms with E-state index in [-0.39, 0.29) is 17.9 Å². The molecule has 5 nitrogen and oxygen atoms in total. The number of benzene rings is 1. The van der Waals surface area contributed by atoms with Crippen molar-refractivity contribution in [2.75, 3.05) is 37.6 Å². The third-order valence-corrected chi connectivity index (χ3v) is 5.22. The molecule has 0 N–H and O–H groups in total. The zero-order valence-corrected chi connectivity index (χ0v) is 14.8. The van der Waals surface area contributed by atoms with Gasteiger partial charge in [-0.05, 0) is 53.4 Å². The standard InChI is InChI=1S/C16H20IN3O2/c1-2-18-7-9-19(10-8-18)14-11-15(21)20(16(14)22)13-5-3-12(17)4-6-13/h3-6,14H,2,7-11H2,1H3/t14-/m1/s1. The Balaban J connectivity index is 1.73. The second-order valence-electron chi connectivity index (χ2n) is 5.73. The maximum Gasteiger partial charge on any atom is 0.251 e. The molecule has 1 atom stereocenters. The van der Waals surface area contributed by atoms with Crippen LogP contribution < -0.4 is 4.90 Å². The number of hydrogen-bond donors (Lipinski definition) is 0. The van der Waals surface area contributed by atoms with Crippen molar-refractivity contribution < 1.29 is 9.59 Å². The second-order valence-corrected chi connectivity index (χ2v) is 6.98.